The number of aromatic nitrogens is 1. The number of ether oxygens (including phenoxy) is 5. The van der Waals surface area contributed by atoms with E-state index in [-0.39, 0.29) is 16.5 Å². The molecular formula is C25H39N6O8S+. The molecule has 0 aliphatic carbocycles. The minimum atomic E-state index is -0.448. The van der Waals surface area contributed by atoms with Gasteiger partial charge in [0.1, 0.15) is 5.69 Å². The zero-order valence-electron chi connectivity index (χ0n) is 22.9. The van der Waals surface area contributed by atoms with Crippen molar-refractivity contribution < 1.29 is 38.3 Å². The fraction of sp³-hybridized carbons (Fsp3) is 0.560. The number of nitrogens with two attached hydrogens (primary N) is 1. The molecule has 0 fully saturated rings. The molecule has 222 valence electrons. The Balaban J connectivity index is 1.61. The summed E-state index contributed by atoms with van der Waals surface area (Å²) in [5, 5.41) is 12.1. The maximum atomic E-state index is 12.8. The largest absolute Gasteiger partial charge is 0.383 e. The Labute approximate surface area is 237 Å². The molecule has 0 atom stereocenters. The van der Waals surface area contributed by atoms with Crippen molar-refractivity contribution in [2.24, 2.45) is 10.9 Å². The summed E-state index contributed by atoms with van der Waals surface area (Å²) >= 11 is 1.03. The van der Waals surface area contributed by atoms with Crippen molar-refractivity contribution in [1.82, 2.24) is 0 Å². The molecule has 0 aliphatic rings. The van der Waals surface area contributed by atoms with Crippen molar-refractivity contribution in [2.75, 3.05) is 95.1 Å². The maximum Gasteiger partial charge on any atom is 0.341 e. The summed E-state index contributed by atoms with van der Waals surface area (Å²) in [6.45, 7) is 8.88. The Morgan fingerprint density at radius 3 is 2.00 bits per heavy atom. The van der Waals surface area contributed by atoms with Gasteiger partial charge in [-0.2, -0.15) is 5.32 Å². The molecule has 0 bridgehead atoms. The van der Waals surface area contributed by atoms with Crippen molar-refractivity contribution in [1.29, 1.82) is 0 Å². The average Bonchev–Trinajstić information content (AvgIpc) is 3.28. The number of nitrogens with zero attached hydrogens (tertiary/aromatic N) is 1. The molecule has 0 aliphatic heterocycles. The van der Waals surface area contributed by atoms with Crippen LogP contribution in [0.2, 0.25) is 0 Å². The normalized spacial score (nSPS) is 10.9. The number of amides is 2. The molecule has 14 nitrogen and oxygen atoms in total. The van der Waals surface area contributed by atoms with Crippen molar-refractivity contribution in [3.63, 3.8) is 0 Å². The van der Waals surface area contributed by atoms with Crippen LogP contribution in [-0.4, -0.2) is 91.0 Å². The predicted molar refractivity (Wildman–Crippen MR) is 151 cm³/mol. The molecule has 0 spiro atoms. The highest BCUT2D eigenvalue weighted by atomic mass is 32.1. The van der Waals surface area contributed by atoms with Crippen LogP contribution in [0.25, 0.3) is 0 Å². The zero-order valence-corrected chi connectivity index (χ0v) is 23.7. The van der Waals surface area contributed by atoms with Gasteiger partial charge in [-0.1, -0.05) is 0 Å². The molecule has 1 heterocycles. The second-order valence-corrected chi connectivity index (χ2v) is 9.25. The Morgan fingerprint density at radius 2 is 1.48 bits per heavy atom. The molecule has 2 amide bonds. The smallest absolute Gasteiger partial charge is 0.341 e. The first kappa shape index (κ1) is 33.2. The molecule has 1 aromatic carbocycles. The van der Waals surface area contributed by atoms with Crippen LogP contribution in [0.4, 0.5) is 21.5 Å². The number of nitroso groups, excluding NO2 is 1. The number of aromatic amines is 1. The first-order valence-electron chi connectivity index (χ1n) is 12.9. The molecule has 2 aromatic rings. The van der Waals surface area contributed by atoms with Crippen molar-refractivity contribution in [3.05, 3.63) is 34.4 Å². The monoisotopic (exact) mass is 583 g/mol. The van der Waals surface area contributed by atoms with Gasteiger partial charge in [0.05, 0.1) is 77.3 Å². The number of thiazole rings is 1. The molecule has 2 rings (SSSR count). The van der Waals surface area contributed by atoms with Gasteiger partial charge in [0, 0.05) is 32.6 Å². The highest BCUT2D eigenvalue weighted by molar-refractivity contribution is 7.19. The van der Waals surface area contributed by atoms with E-state index >= 15 is 0 Å². The molecule has 40 heavy (non-hydrogen) atoms. The van der Waals surface area contributed by atoms with Crippen LogP contribution in [-0.2, 0) is 28.5 Å². The van der Waals surface area contributed by atoms with Crippen LogP contribution in [0.15, 0.2) is 23.4 Å². The third kappa shape index (κ3) is 13.3. The lowest BCUT2D eigenvalue weighted by Crippen LogP contribution is -2.20. The summed E-state index contributed by atoms with van der Waals surface area (Å²) in [4.78, 5) is 38.2. The van der Waals surface area contributed by atoms with Gasteiger partial charge in [-0.05, 0) is 34.7 Å². The van der Waals surface area contributed by atoms with Crippen LogP contribution in [0.3, 0.4) is 0 Å². The van der Waals surface area contributed by atoms with E-state index in [2.05, 4.69) is 26.1 Å². The number of carbonyl (C=O) groups is 2. The summed E-state index contributed by atoms with van der Waals surface area (Å²) in [5.41, 5.74) is 7.19. The summed E-state index contributed by atoms with van der Waals surface area (Å²) in [6, 6.07) is 5.00. The predicted octanol–water partition coefficient (Wildman–Crippen LogP) is 1.93. The first-order chi connectivity index (χ1) is 19.4. The molecule has 15 heteroatoms. The quantitative estimate of drug-likeness (QED) is 0.118. The Bertz CT molecular complexity index is 1050. The lowest BCUT2D eigenvalue weighted by molar-refractivity contribution is -0.363. The van der Waals surface area contributed by atoms with E-state index < -0.39 is 5.91 Å². The summed E-state index contributed by atoms with van der Waals surface area (Å²) in [7, 11) is 0. The van der Waals surface area contributed by atoms with Gasteiger partial charge >= 0.3 is 11.0 Å². The van der Waals surface area contributed by atoms with Crippen molar-refractivity contribution in [3.8, 4) is 0 Å². The number of H-pyrrole nitrogens is 1. The second kappa shape index (κ2) is 19.9. The van der Waals surface area contributed by atoms with Crippen molar-refractivity contribution in [2.45, 2.75) is 13.8 Å². The minimum Gasteiger partial charge on any atom is -0.383 e. The van der Waals surface area contributed by atoms with Crippen LogP contribution in [0.1, 0.15) is 23.0 Å². The third-order valence-corrected chi connectivity index (χ3v) is 6.01. The molecule has 1 aromatic heterocycles. The van der Waals surface area contributed by atoms with E-state index in [0.717, 1.165) is 11.3 Å². The van der Waals surface area contributed by atoms with E-state index in [1.54, 1.807) is 25.1 Å². The lowest BCUT2D eigenvalue weighted by Gasteiger charge is -2.12. The molecule has 0 radical (unpaired) electrons. The summed E-state index contributed by atoms with van der Waals surface area (Å²) in [5.74, 6) is -0.764. The van der Waals surface area contributed by atoms with E-state index in [0.29, 0.717) is 101 Å². The number of rotatable bonds is 22. The standard InChI is InChI=1S/C25H38N6O8S/c1-18-24(31-34)40-25(28-18)30-23(33)21-4-3-20(17-22(21)29-19(2)32)27-6-8-36-10-12-38-14-16-39-15-13-37-11-9-35-7-5-26/h3-4,17,27H,5-16,26H2,1-2H3,(H,29,32)(H,28,30,33)/p+1. The topological polar surface area (TPSA) is 186 Å². The average molecular weight is 584 g/mol. The van der Waals surface area contributed by atoms with Crippen LogP contribution in [0.5, 0.6) is 0 Å². The number of carbonyl (C=O) groups excluding carboxylic acids is 2. The van der Waals surface area contributed by atoms with E-state index in [4.69, 9.17) is 29.4 Å². The highest BCUT2D eigenvalue weighted by Gasteiger charge is 2.21. The van der Waals surface area contributed by atoms with Gasteiger partial charge in [-0.15, -0.1) is 4.91 Å². The van der Waals surface area contributed by atoms with Gasteiger partial charge in [-0.25, -0.2) is 9.78 Å². The number of nitrogens with one attached hydrogen (secondary N) is 4. The molecule has 0 unspecified atom stereocenters. The van der Waals surface area contributed by atoms with Crippen LogP contribution >= 0.6 is 11.3 Å². The highest BCUT2D eigenvalue weighted by Crippen LogP contribution is 2.28. The van der Waals surface area contributed by atoms with Crippen LogP contribution in [0, 0.1) is 11.8 Å². The minimum absolute atomic E-state index is 0.248. The molecule has 0 saturated carbocycles. The van der Waals surface area contributed by atoms with Crippen molar-refractivity contribution >= 4 is 44.7 Å². The maximum absolute atomic E-state index is 12.8. The zero-order chi connectivity index (χ0) is 29.0. The third-order valence-electron chi connectivity index (χ3n) is 5.03. The Morgan fingerprint density at radius 1 is 0.900 bits per heavy atom. The van der Waals surface area contributed by atoms with Gasteiger partial charge in [-0.3, -0.25) is 4.79 Å². The Kier molecular flexibility index (Phi) is 16.5. The SMILES string of the molecule is CC(=O)Nc1cc(NCCOCCOCCOCCOCCOCCN)ccc1C(=O)Nc1[nH+]c(C)c(N=O)s1. The van der Waals surface area contributed by atoms with Gasteiger partial charge in [0.2, 0.25) is 10.9 Å². The van der Waals surface area contributed by atoms with Gasteiger partial charge < -0.3 is 40.1 Å². The fourth-order valence-electron chi connectivity index (χ4n) is 3.21. The molecule has 6 N–H and O–H groups in total. The van der Waals surface area contributed by atoms with E-state index in [9.17, 15) is 14.5 Å². The van der Waals surface area contributed by atoms with Gasteiger partial charge in [0.25, 0.3) is 0 Å². The van der Waals surface area contributed by atoms with Gasteiger partial charge in [0.15, 0.2) is 0 Å². The van der Waals surface area contributed by atoms with E-state index in [1.165, 1.54) is 6.92 Å². The number of benzene rings is 1. The molecular weight excluding hydrogens is 544 g/mol. The lowest BCUT2D eigenvalue weighted by atomic mass is 10.1. The number of anilines is 3. The fourth-order valence-corrected chi connectivity index (χ4v) is 4.00. The molecule has 0 saturated heterocycles. The summed E-state index contributed by atoms with van der Waals surface area (Å²) < 4.78 is 27.0. The number of hydrogen-bond acceptors (Lipinski definition) is 12. The second-order valence-electron chi connectivity index (χ2n) is 8.25. The van der Waals surface area contributed by atoms with Crippen LogP contribution < -0.4 is 26.7 Å². The number of aryl methyl sites for hydroxylation is 1. The summed E-state index contributed by atoms with van der Waals surface area (Å²) in [6.07, 6.45) is 0. The first-order valence-corrected chi connectivity index (χ1v) is 13.7. The van der Waals surface area contributed by atoms with E-state index in [1.807, 2.05) is 0 Å². The Hall–Kier alpha value is -3.05. The number of hydrogen-bond donors (Lipinski definition) is 4.